The second kappa shape index (κ2) is 6.32. The van der Waals surface area contributed by atoms with Crippen molar-refractivity contribution in [2.45, 2.75) is 18.0 Å². The molecule has 6 heteroatoms. The fraction of sp³-hybridized carbons (Fsp3) is 0.167. The van der Waals surface area contributed by atoms with E-state index in [0.717, 1.165) is 6.08 Å². The average Bonchev–Trinajstić information content (AvgIpc) is 2.55. The molecule has 0 aliphatic carbocycles. The van der Waals surface area contributed by atoms with E-state index in [1.54, 1.807) is 54.6 Å². The topological polar surface area (TPSA) is 26.3 Å². The Labute approximate surface area is 141 Å². The molecule has 1 aliphatic heterocycles. The SMILES string of the molecule is O=C1OC(C(F)(F)F)=C[C@@H](c2ccc(Cl)cc2)[C@@H]1c1ccccc1. The normalized spacial score (nSPS) is 21.2. The number of benzene rings is 2. The maximum absolute atomic E-state index is 13.0. The molecule has 1 aliphatic rings. The molecule has 2 aromatic rings. The van der Waals surface area contributed by atoms with Crippen LogP contribution in [0, 0.1) is 0 Å². The van der Waals surface area contributed by atoms with Gasteiger partial charge >= 0.3 is 12.1 Å². The van der Waals surface area contributed by atoms with Crippen molar-refractivity contribution in [3.63, 3.8) is 0 Å². The van der Waals surface area contributed by atoms with E-state index < -0.39 is 29.7 Å². The van der Waals surface area contributed by atoms with Crippen LogP contribution < -0.4 is 0 Å². The first kappa shape index (κ1) is 16.6. The molecular formula is C18H12ClF3O2. The molecule has 0 saturated heterocycles. The number of halogens is 4. The van der Waals surface area contributed by atoms with Gasteiger partial charge in [-0.3, -0.25) is 4.79 Å². The van der Waals surface area contributed by atoms with Crippen LogP contribution in [-0.4, -0.2) is 12.1 Å². The van der Waals surface area contributed by atoms with E-state index in [1.807, 2.05) is 0 Å². The van der Waals surface area contributed by atoms with Crippen molar-refractivity contribution in [3.8, 4) is 0 Å². The number of alkyl halides is 3. The molecule has 0 aromatic heterocycles. The first-order chi connectivity index (χ1) is 11.4. The van der Waals surface area contributed by atoms with Crippen molar-refractivity contribution < 1.29 is 22.7 Å². The lowest BCUT2D eigenvalue weighted by molar-refractivity contribution is -0.164. The Morgan fingerprint density at radius 3 is 2.12 bits per heavy atom. The predicted molar refractivity (Wildman–Crippen MR) is 83.6 cm³/mol. The van der Waals surface area contributed by atoms with Crippen molar-refractivity contribution in [2.24, 2.45) is 0 Å². The molecule has 0 fully saturated rings. The summed E-state index contributed by atoms with van der Waals surface area (Å²) >= 11 is 5.85. The zero-order valence-corrected chi connectivity index (χ0v) is 13.0. The number of ether oxygens (including phenoxy) is 1. The lowest BCUT2D eigenvalue weighted by Gasteiger charge is -2.30. The van der Waals surface area contributed by atoms with Crippen molar-refractivity contribution in [2.75, 3.05) is 0 Å². The third kappa shape index (κ3) is 3.31. The minimum Gasteiger partial charge on any atom is -0.421 e. The maximum atomic E-state index is 13.0. The van der Waals surface area contributed by atoms with E-state index in [2.05, 4.69) is 4.74 Å². The summed E-state index contributed by atoms with van der Waals surface area (Å²) < 4.78 is 43.7. The highest BCUT2D eigenvalue weighted by atomic mass is 35.5. The number of cyclic esters (lactones) is 1. The second-order valence-corrected chi connectivity index (χ2v) is 5.85. The van der Waals surface area contributed by atoms with E-state index in [9.17, 15) is 18.0 Å². The summed E-state index contributed by atoms with van der Waals surface area (Å²) in [5, 5.41) is 0.466. The first-order valence-electron chi connectivity index (χ1n) is 7.17. The fourth-order valence-electron chi connectivity index (χ4n) is 2.74. The van der Waals surface area contributed by atoms with Gasteiger partial charge in [-0.1, -0.05) is 54.1 Å². The summed E-state index contributed by atoms with van der Waals surface area (Å²) in [4.78, 5) is 12.3. The molecule has 1 heterocycles. The predicted octanol–water partition coefficient (Wildman–Crippen LogP) is 5.21. The van der Waals surface area contributed by atoms with E-state index in [-0.39, 0.29) is 0 Å². The Morgan fingerprint density at radius 1 is 0.917 bits per heavy atom. The molecule has 2 nitrogen and oxygen atoms in total. The second-order valence-electron chi connectivity index (χ2n) is 5.42. The third-order valence-corrected chi connectivity index (χ3v) is 4.10. The summed E-state index contributed by atoms with van der Waals surface area (Å²) in [5.74, 6) is -3.84. The maximum Gasteiger partial charge on any atom is 0.449 e. The van der Waals surface area contributed by atoms with Crippen molar-refractivity contribution >= 4 is 17.6 Å². The van der Waals surface area contributed by atoms with Crippen LogP contribution in [0.2, 0.25) is 5.02 Å². The van der Waals surface area contributed by atoms with Gasteiger partial charge < -0.3 is 4.74 Å². The van der Waals surface area contributed by atoms with Crippen LogP contribution >= 0.6 is 11.6 Å². The van der Waals surface area contributed by atoms with Gasteiger partial charge in [-0.05, 0) is 29.3 Å². The Hall–Kier alpha value is -2.27. The monoisotopic (exact) mass is 352 g/mol. The Kier molecular flexibility index (Phi) is 4.37. The Balaban J connectivity index is 2.11. The standard InChI is InChI=1S/C18H12ClF3O2/c19-13-8-6-11(7-9-13)14-10-15(18(20,21)22)24-17(23)16(14)12-4-2-1-3-5-12/h1-10,14,16H/t14-,16-/m0/s1. The van der Waals surface area contributed by atoms with E-state index in [1.165, 1.54) is 0 Å². The van der Waals surface area contributed by atoms with Crippen LogP contribution in [0.5, 0.6) is 0 Å². The smallest absolute Gasteiger partial charge is 0.421 e. The van der Waals surface area contributed by atoms with Crippen LogP contribution in [0.3, 0.4) is 0 Å². The quantitative estimate of drug-likeness (QED) is 0.693. The zero-order chi connectivity index (χ0) is 17.3. The molecule has 24 heavy (non-hydrogen) atoms. The average molecular weight is 353 g/mol. The van der Waals surface area contributed by atoms with Crippen molar-refractivity contribution in [3.05, 3.63) is 82.6 Å². The summed E-state index contributed by atoms with van der Waals surface area (Å²) in [6, 6.07) is 15.0. The van der Waals surface area contributed by atoms with Gasteiger partial charge in [0.15, 0.2) is 0 Å². The van der Waals surface area contributed by atoms with Gasteiger partial charge in [0.2, 0.25) is 5.76 Å². The van der Waals surface area contributed by atoms with Crippen molar-refractivity contribution in [1.82, 2.24) is 0 Å². The number of hydrogen-bond donors (Lipinski definition) is 0. The van der Waals surface area contributed by atoms with Gasteiger partial charge in [-0.2, -0.15) is 13.2 Å². The number of carbonyl (C=O) groups excluding carboxylic acids is 1. The van der Waals surface area contributed by atoms with E-state index >= 15 is 0 Å². The lowest BCUT2D eigenvalue weighted by Crippen LogP contribution is -2.31. The molecular weight excluding hydrogens is 341 g/mol. The number of esters is 1. The molecule has 0 bridgehead atoms. The molecule has 124 valence electrons. The highest BCUT2D eigenvalue weighted by Crippen LogP contribution is 2.43. The van der Waals surface area contributed by atoms with Crippen LogP contribution in [-0.2, 0) is 9.53 Å². The van der Waals surface area contributed by atoms with E-state index in [4.69, 9.17) is 11.6 Å². The molecule has 0 spiro atoms. The van der Waals surface area contributed by atoms with Gasteiger partial charge in [0, 0.05) is 10.9 Å². The van der Waals surface area contributed by atoms with Gasteiger partial charge in [0.25, 0.3) is 0 Å². The highest BCUT2D eigenvalue weighted by Gasteiger charge is 2.45. The molecule has 0 saturated carbocycles. The minimum absolute atomic E-state index is 0.466. The highest BCUT2D eigenvalue weighted by molar-refractivity contribution is 6.30. The number of rotatable bonds is 2. The first-order valence-corrected chi connectivity index (χ1v) is 7.55. The minimum atomic E-state index is -4.72. The fourth-order valence-corrected chi connectivity index (χ4v) is 2.87. The van der Waals surface area contributed by atoms with Gasteiger partial charge in [0.1, 0.15) is 0 Å². The molecule has 2 atom stereocenters. The van der Waals surface area contributed by atoms with Gasteiger partial charge in [-0.15, -0.1) is 0 Å². The van der Waals surface area contributed by atoms with Gasteiger partial charge in [0.05, 0.1) is 5.92 Å². The summed E-state index contributed by atoms with van der Waals surface area (Å²) in [5.41, 5.74) is 1.16. The Morgan fingerprint density at radius 2 is 1.54 bits per heavy atom. The van der Waals surface area contributed by atoms with Crippen LogP contribution in [0.25, 0.3) is 0 Å². The van der Waals surface area contributed by atoms with E-state index in [0.29, 0.717) is 16.1 Å². The lowest BCUT2D eigenvalue weighted by atomic mass is 9.79. The van der Waals surface area contributed by atoms with Gasteiger partial charge in [-0.25, -0.2) is 0 Å². The molecule has 0 unspecified atom stereocenters. The molecule has 2 aromatic carbocycles. The largest absolute Gasteiger partial charge is 0.449 e. The van der Waals surface area contributed by atoms with Crippen molar-refractivity contribution in [1.29, 1.82) is 0 Å². The van der Waals surface area contributed by atoms with Crippen LogP contribution in [0.15, 0.2) is 66.4 Å². The summed E-state index contributed by atoms with van der Waals surface area (Å²) in [7, 11) is 0. The zero-order valence-electron chi connectivity index (χ0n) is 12.3. The Bertz CT molecular complexity index is 767. The van der Waals surface area contributed by atoms with Crippen LogP contribution in [0.1, 0.15) is 23.0 Å². The van der Waals surface area contributed by atoms with Crippen LogP contribution in [0.4, 0.5) is 13.2 Å². The number of carbonyl (C=O) groups is 1. The molecule has 3 rings (SSSR count). The summed E-state index contributed by atoms with van der Waals surface area (Å²) in [6.45, 7) is 0. The molecule has 0 amide bonds. The molecule has 0 N–H and O–H groups in total. The third-order valence-electron chi connectivity index (χ3n) is 3.85. The number of hydrogen-bond acceptors (Lipinski definition) is 2. The summed E-state index contributed by atoms with van der Waals surface area (Å²) in [6.07, 6.45) is -3.76. The number of allylic oxidation sites excluding steroid dienone is 2. The molecule has 0 radical (unpaired) electrons.